The van der Waals surface area contributed by atoms with Crippen molar-refractivity contribution in [1.29, 1.82) is 0 Å². The Hall–Kier alpha value is -0.780. The van der Waals surface area contributed by atoms with Crippen molar-refractivity contribution in [2.24, 2.45) is 51.8 Å². The third kappa shape index (κ3) is 3.93. The van der Waals surface area contributed by atoms with E-state index in [0.29, 0.717) is 22.2 Å². The average Bonchev–Trinajstić information content (AvgIpc) is 2.76. The molecule has 4 aliphatic carbocycles. The maximum Gasteiger partial charge on any atom is -0.00505 e. The molecule has 0 heteroatoms. The molecule has 0 saturated heterocycles. The van der Waals surface area contributed by atoms with Crippen LogP contribution in [0, 0.1) is 51.8 Å². The summed E-state index contributed by atoms with van der Waals surface area (Å²) in [4.78, 5) is 0. The van der Waals surface area contributed by atoms with Crippen LogP contribution in [-0.4, -0.2) is 0 Å². The summed E-state index contributed by atoms with van der Waals surface area (Å²) >= 11 is 0. The van der Waals surface area contributed by atoms with E-state index in [-0.39, 0.29) is 0 Å². The summed E-state index contributed by atoms with van der Waals surface area (Å²) < 4.78 is 0. The molecule has 0 radical (unpaired) electrons. The number of hydrogen-bond acceptors (Lipinski definition) is 0. The van der Waals surface area contributed by atoms with Crippen molar-refractivity contribution in [2.45, 2.75) is 106 Å². The first kappa shape index (κ1) is 23.4. The third-order valence-corrected chi connectivity index (χ3v) is 11.1. The molecule has 3 saturated carbocycles. The second-order valence-corrected chi connectivity index (χ2v) is 13.6. The zero-order chi connectivity index (χ0) is 22.6. The minimum atomic E-state index is 0.357. The first-order valence-corrected chi connectivity index (χ1v) is 13.5. The lowest BCUT2D eigenvalue weighted by atomic mass is 9.47. The van der Waals surface area contributed by atoms with Crippen molar-refractivity contribution in [3.63, 3.8) is 0 Å². The standard InChI is InChI=1S/C31H50/c1-21-17-19-30(7)23(3)25(21)15-16-26-27-14-10-13-24(31(27,8)20-18-28(26)30)12-9-11-22(2)29(4,5)6/h9,11,16,21-22,24-25,27-28H,3,10,12-15,17-20H2,1-2,4-8H3/b11-9+. The van der Waals surface area contributed by atoms with Crippen LogP contribution in [0.15, 0.2) is 36.0 Å². The van der Waals surface area contributed by atoms with E-state index >= 15 is 0 Å². The van der Waals surface area contributed by atoms with Gasteiger partial charge in [0.2, 0.25) is 0 Å². The molecule has 0 nitrogen and oxygen atoms in total. The second-order valence-electron chi connectivity index (χ2n) is 13.6. The van der Waals surface area contributed by atoms with Gasteiger partial charge in [-0.3, -0.25) is 0 Å². The number of rotatable bonds is 3. The average molecular weight is 423 g/mol. The van der Waals surface area contributed by atoms with E-state index < -0.39 is 0 Å². The molecule has 0 amide bonds. The van der Waals surface area contributed by atoms with Crippen LogP contribution in [0.5, 0.6) is 0 Å². The summed E-state index contributed by atoms with van der Waals surface area (Å²) in [5.74, 6) is 4.63. The number of allylic oxidation sites excluding steroid dienone is 5. The molecule has 174 valence electrons. The van der Waals surface area contributed by atoms with Crippen LogP contribution in [0.2, 0.25) is 0 Å². The van der Waals surface area contributed by atoms with Gasteiger partial charge in [-0.05, 0) is 103 Å². The van der Waals surface area contributed by atoms with Crippen molar-refractivity contribution in [1.82, 2.24) is 0 Å². The fourth-order valence-electron chi connectivity index (χ4n) is 8.09. The Morgan fingerprint density at radius 3 is 2.55 bits per heavy atom. The quantitative estimate of drug-likeness (QED) is 0.397. The van der Waals surface area contributed by atoms with E-state index in [1.54, 1.807) is 5.57 Å². The molecule has 31 heavy (non-hydrogen) atoms. The second kappa shape index (κ2) is 8.22. The highest BCUT2D eigenvalue weighted by Gasteiger charge is 2.55. The summed E-state index contributed by atoms with van der Waals surface area (Å²) in [5, 5.41) is 0. The van der Waals surface area contributed by atoms with E-state index in [2.05, 4.69) is 66.7 Å². The molecule has 4 rings (SSSR count). The van der Waals surface area contributed by atoms with Gasteiger partial charge in [-0.15, -0.1) is 0 Å². The fourth-order valence-corrected chi connectivity index (χ4v) is 8.09. The van der Waals surface area contributed by atoms with Gasteiger partial charge in [0.15, 0.2) is 0 Å². The van der Waals surface area contributed by atoms with E-state index in [0.717, 1.165) is 29.6 Å². The lowest BCUT2D eigenvalue weighted by Crippen LogP contribution is -2.48. The Bertz CT molecular complexity index is 744. The van der Waals surface area contributed by atoms with Crippen LogP contribution in [0.4, 0.5) is 0 Å². The lowest BCUT2D eigenvalue weighted by Gasteiger charge is -2.57. The molecule has 0 N–H and O–H groups in total. The van der Waals surface area contributed by atoms with Gasteiger partial charge in [-0.25, -0.2) is 0 Å². The molecule has 0 aromatic carbocycles. The van der Waals surface area contributed by atoms with Gasteiger partial charge >= 0.3 is 0 Å². The van der Waals surface area contributed by atoms with E-state index in [1.807, 2.05) is 5.57 Å². The predicted octanol–water partition coefficient (Wildman–Crippen LogP) is 9.39. The van der Waals surface area contributed by atoms with E-state index in [4.69, 9.17) is 6.58 Å². The molecule has 4 aliphatic rings. The number of fused-ring (bicyclic) bond motifs is 6. The highest BCUT2D eigenvalue weighted by atomic mass is 14.6. The smallest absolute Gasteiger partial charge is 0.00505 e. The van der Waals surface area contributed by atoms with Gasteiger partial charge < -0.3 is 0 Å². The summed E-state index contributed by atoms with van der Waals surface area (Å²) in [6.45, 7) is 22.0. The molecular weight excluding hydrogens is 372 g/mol. The molecular formula is C31H50. The Balaban J connectivity index is 1.58. The topological polar surface area (TPSA) is 0 Å². The van der Waals surface area contributed by atoms with Gasteiger partial charge in [-0.2, -0.15) is 0 Å². The minimum absolute atomic E-state index is 0.357. The molecule has 0 aromatic heterocycles. The maximum atomic E-state index is 4.74. The molecule has 8 atom stereocenters. The van der Waals surface area contributed by atoms with Crippen molar-refractivity contribution in [3.05, 3.63) is 36.0 Å². The van der Waals surface area contributed by atoms with Crippen LogP contribution < -0.4 is 0 Å². The van der Waals surface area contributed by atoms with E-state index in [9.17, 15) is 0 Å². The highest BCUT2D eigenvalue weighted by molar-refractivity contribution is 5.33. The van der Waals surface area contributed by atoms with Gasteiger partial charge in [0.25, 0.3) is 0 Å². The third-order valence-electron chi connectivity index (χ3n) is 11.1. The van der Waals surface area contributed by atoms with Crippen LogP contribution in [-0.2, 0) is 0 Å². The largest absolute Gasteiger partial charge is 0.0990 e. The molecule has 0 aromatic rings. The SMILES string of the molecule is C=C1C2CC=C3C(CCC4(C)C(C/C=C/C(C)C(C)(C)C)CCCC34)C1(C)CCC2C. The molecule has 2 bridgehead atoms. The van der Waals surface area contributed by atoms with Crippen LogP contribution in [0.1, 0.15) is 106 Å². The van der Waals surface area contributed by atoms with Crippen LogP contribution in [0.3, 0.4) is 0 Å². The van der Waals surface area contributed by atoms with Crippen molar-refractivity contribution >= 4 is 0 Å². The minimum Gasteiger partial charge on any atom is -0.0990 e. The predicted molar refractivity (Wildman–Crippen MR) is 136 cm³/mol. The van der Waals surface area contributed by atoms with Crippen molar-refractivity contribution in [3.8, 4) is 0 Å². The van der Waals surface area contributed by atoms with E-state index in [1.165, 1.54) is 57.8 Å². The lowest BCUT2D eigenvalue weighted by molar-refractivity contribution is -0.00129. The Labute approximate surface area is 194 Å². The van der Waals surface area contributed by atoms with Gasteiger partial charge in [0.05, 0.1) is 0 Å². The highest BCUT2D eigenvalue weighted by Crippen LogP contribution is 2.65. The Morgan fingerprint density at radius 1 is 1.10 bits per heavy atom. The summed E-state index contributed by atoms with van der Waals surface area (Å²) in [6, 6.07) is 0. The molecule has 0 heterocycles. The zero-order valence-electron chi connectivity index (χ0n) is 21.8. The molecule has 3 fully saturated rings. The molecule has 0 spiro atoms. The summed E-state index contributed by atoms with van der Waals surface area (Å²) in [6.07, 6.45) is 20.3. The first-order chi connectivity index (χ1) is 14.5. The normalized spacial score (nSPS) is 44.3. The van der Waals surface area contributed by atoms with Crippen LogP contribution >= 0.6 is 0 Å². The van der Waals surface area contributed by atoms with Crippen molar-refractivity contribution < 1.29 is 0 Å². The fraction of sp³-hybridized carbons (Fsp3) is 0.806. The van der Waals surface area contributed by atoms with Crippen LogP contribution in [0.25, 0.3) is 0 Å². The first-order valence-electron chi connectivity index (χ1n) is 13.5. The van der Waals surface area contributed by atoms with Gasteiger partial charge in [0.1, 0.15) is 0 Å². The summed E-state index contributed by atoms with van der Waals surface area (Å²) in [7, 11) is 0. The monoisotopic (exact) mass is 422 g/mol. The molecule has 0 aliphatic heterocycles. The molecule has 8 unspecified atom stereocenters. The maximum absolute atomic E-state index is 4.74. The van der Waals surface area contributed by atoms with Crippen molar-refractivity contribution in [2.75, 3.05) is 0 Å². The van der Waals surface area contributed by atoms with Gasteiger partial charge in [-0.1, -0.05) is 90.8 Å². The number of hydrogen-bond donors (Lipinski definition) is 0. The summed E-state index contributed by atoms with van der Waals surface area (Å²) in [5.41, 5.74) is 4.71. The van der Waals surface area contributed by atoms with Gasteiger partial charge in [0, 0.05) is 0 Å². The Kier molecular flexibility index (Phi) is 6.20. The zero-order valence-corrected chi connectivity index (χ0v) is 21.8. The Morgan fingerprint density at radius 2 is 1.84 bits per heavy atom.